The van der Waals surface area contributed by atoms with E-state index in [-0.39, 0.29) is 11.9 Å². The molecule has 5 heteroatoms. The summed E-state index contributed by atoms with van der Waals surface area (Å²) in [7, 11) is 0. The number of anilines is 1. The van der Waals surface area contributed by atoms with Crippen LogP contribution < -0.4 is 11.1 Å². The van der Waals surface area contributed by atoms with Gasteiger partial charge in [-0.15, -0.1) is 0 Å². The number of halogens is 2. The van der Waals surface area contributed by atoms with E-state index >= 15 is 0 Å². The van der Waals surface area contributed by atoms with Crippen LogP contribution in [0.4, 0.5) is 5.69 Å². The Bertz CT molecular complexity index is 685. The Morgan fingerprint density at radius 1 is 1.25 bits per heavy atom. The maximum Gasteiger partial charge on any atom is 0.228 e. The fourth-order valence-electron chi connectivity index (χ4n) is 2.36. The highest BCUT2D eigenvalue weighted by atomic mass is 79.9. The third-order valence-electron chi connectivity index (χ3n) is 3.41. The van der Waals surface area contributed by atoms with Crippen molar-refractivity contribution in [3.63, 3.8) is 0 Å². The Morgan fingerprint density at radius 3 is 2.65 bits per heavy atom. The van der Waals surface area contributed by atoms with Gasteiger partial charge in [-0.1, -0.05) is 39.7 Å². The van der Waals surface area contributed by atoms with Gasteiger partial charge in [-0.25, -0.2) is 0 Å². The summed E-state index contributed by atoms with van der Waals surface area (Å²) in [5.74, 6) is -0.00886. The Kier molecular flexibility index (Phi) is 3.54. The third-order valence-corrected chi connectivity index (χ3v) is 4.27. The van der Waals surface area contributed by atoms with Gasteiger partial charge >= 0.3 is 0 Å². The van der Waals surface area contributed by atoms with E-state index in [2.05, 4.69) is 21.2 Å². The molecule has 20 heavy (non-hydrogen) atoms. The summed E-state index contributed by atoms with van der Waals surface area (Å²) >= 11 is 9.69. The van der Waals surface area contributed by atoms with Crippen LogP contribution in [0, 0.1) is 0 Å². The minimum absolute atomic E-state index is 0.00886. The minimum Gasteiger partial charge on any atom is -0.325 e. The van der Waals surface area contributed by atoms with Crippen molar-refractivity contribution >= 4 is 39.1 Å². The summed E-state index contributed by atoms with van der Waals surface area (Å²) < 4.78 is 1.00. The van der Waals surface area contributed by atoms with Gasteiger partial charge in [0.25, 0.3) is 0 Å². The molecule has 0 aliphatic carbocycles. The number of rotatable bonds is 2. The van der Waals surface area contributed by atoms with Crippen LogP contribution in [-0.4, -0.2) is 5.91 Å². The lowest BCUT2D eigenvalue weighted by atomic mass is 9.97. The molecule has 0 radical (unpaired) electrons. The molecule has 0 saturated carbocycles. The molecular formula is C15H12BrClN2O. The average molecular weight is 352 g/mol. The molecular weight excluding hydrogens is 340 g/mol. The number of carbonyl (C=O) groups is 1. The van der Waals surface area contributed by atoms with E-state index in [1.807, 2.05) is 30.3 Å². The zero-order valence-electron chi connectivity index (χ0n) is 10.5. The molecule has 1 atom stereocenters. The molecule has 102 valence electrons. The Morgan fingerprint density at radius 2 is 1.95 bits per heavy atom. The highest BCUT2D eigenvalue weighted by molar-refractivity contribution is 9.10. The van der Waals surface area contributed by atoms with Gasteiger partial charge in [0.1, 0.15) is 0 Å². The summed E-state index contributed by atoms with van der Waals surface area (Å²) in [6.07, 6.45) is 0.382. The van der Waals surface area contributed by atoms with Crippen LogP contribution in [0.3, 0.4) is 0 Å². The third kappa shape index (κ3) is 2.46. The van der Waals surface area contributed by atoms with Crippen molar-refractivity contribution in [3.8, 4) is 0 Å². The first-order valence-corrected chi connectivity index (χ1v) is 7.35. The van der Waals surface area contributed by atoms with Gasteiger partial charge < -0.3 is 11.1 Å². The summed E-state index contributed by atoms with van der Waals surface area (Å²) in [5, 5.41) is 3.35. The molecule has 2 aromatic rings. The number of benzene rings is 2. The number of fused-ring (bicyclic) bond motifs is 1. The second-order valence-corrected chi connectivity index (χ2v) is 6.11. The Balaban J connectivity index is 2.00. The molecule has 1 aliphatic heterocycles. The van der Waals surface area contributed by atoms with Crippen molar-refractivity contribution in [1.82, 2.24) is 0 Å². The first-order chi connectivity index (χ1) is 9.54. The summed E-state index contributed by atoms with van der Waals surface area (Å²) in [6, 6.07) is 11.2. The number of hydrogen-bond donors (Lipinski definition) is 2. The van der Waals surface area contributed by atoms with E-state index in [9.17, 15) is 4.79 Å². The number of hydrogen-bond acceptors (Lipinski definition) is 2. The van der Waals surface area contributed by atoms with E-state index in [4.69, 9.17) is 17.3 Å². The van der Waals surface area contributed by atoms with Gasteiger partial charge in [0.05, 0.1) is 12.5 Å². The lowest BCUT2D eigenvalue weighted by Crippen LogP contribution is -2.12. The minimum atomic E-state index is -0.309. The van der Waals surface area contributed by atoms with Gasteiger partial charge in [0.2, 0.25) is 5.91 Å². The highest BCUT2D eigenvalue weighted by Gasteiger charge is 2.22. The zero-order chi connectivity index (χ0) is 14.3. The predicted molar refractivity (Wildman–Crippen MR) is 84.0 cm³/mol. The first kappa shape index (κ1) is 13.6. The van der Waals surface area contributed by atoms with Crippen LogP contribution in [0.15, 0.2) is 40.9 Å². The fourth-order valence-corrected chi connectivity index (χ4v) is 2.90. The van der Waals surface area contributed by atoms with E-state index in [0.29, 0.717) is 11.4 Å². The van der Waals surface area contributed by atoms with E-state index < -0.39 is 0 Å². The van der Waals surface area contributed by atoms with Crippen molar-refractivity contribution in [3.05, 3.63) is 62.6 Å². The molecule has 3 nitrogen and oxygen atoms in total. The maximum atomic E-state index is 11.4. The monoisotopic (exact) mass is 350 g/mol. The van der Waals surface area contributed by atoms with Crippen LogP contribution in [-0.2, 0) is 11.2 Å². The van der Waals surface area contributed by atoms with Crippen molar-refractivity contribution in [1.29, 1.82) is 0 Å². The molecule has 1 aliphatic rings. The predicted octanol–water partition coefficient (Wildman–Crippen LogP) is 3.65. The normalized spacial score (nSPS) is 14.8. The van der Waals surface area contributed by atoms with E-state index in [1.54, 1.807) is 6.07 Å². The number of nitrogens with one attached hydrogen (secondary N) is 1. The van der Waals surface area contributed by atoms with Crippen LogP contribution in [0.2, 0.25) is 5.02 Å². The second kappa shape index (κ2) is 5.20. The molecule has 0 spiro atoms. The molecule has 0 bridgehead atoms. The quantitative estimate of drug-likeness (QED) is 0.868. The molecule has 2 aromatic carbocycles. The molecule has 3 rings (SSSR count). The molecule has 1 heterocycles. The van der Waals surface area contributed by atoms with Gasteiger partial charge in [-0.05, 0) is 41.0 Å². The highest BCUT2D eigenvalue weighted by Crippen LogP contribution is 2.34. The summed E-state index contributed by atoms with van der Waals surface area (Å²) in [6.45, 7) is 0. The first-order valence-electron chi connectivity index (χ1n) is 6.18. The molecule has 0 fully saturated rings. The number of amides is 1. The molecule has 3 N–H and O–H groups in total. The topological polar surface area (TPSA) is 55.1 Å². The fraction of sp³-hybridized carbons (Fsp3) is 0.133. The largest absolute Gasteiger partial charge is 0.325 e. The number of carbonyl (C=O) groups excluding carboxylic acids is 1. The van der Waals surface area contributed by atoms with Gasteiger partial charge in [-0.2, -0.15) is 0 Å². The Labute approximate surface area is 130 Å². The Hall–Kier alpha value is -1.36. The zero-order valence-corrected chi connectivity index (χ0v) is 12.8. The molecule has 0 saturated heterocycles. The SMILES string of the molecule is NC(c1ccc(Br)cc1)c1cc2c(cc1Cl)NC(=O)C2. The molecule has 1 unspecified atom stereocenters. The van der Waals surface area contributed by atoms with Gasteiger partial charge in [0, 0.05) is 15.2 Å². The maximum absolute atomic E-state index is 11.4. The van der Waals surface area contributed by atoms with Crippen LogP contribution in [0.25, 0.3) is 0 Å². The molecule has 1 amide bonds. The van der Waals surface area contributed by atoms with E-state index in [0.717, 1.165) is 26.9 Å². The molecule has 0 aromatic heterocycles. The van der Waals surface area contributed by atoms with Crippen molar-refractivity contribution < 1.29 is 4.79 Å². The number of nitrogens with two attached hydrogens (primary N) is 1. The lowest BCUT2D eigenvalue weighted by molar-refractivity contribution is -0.115. The standard InChI is InChI=1S/C15H12BrClN2O/c16-10-3-1-8(2-4-10)15(18)11-5-9-6-14(20)19-13(9)7-12(11)17/h1-5,7,15H,6,18H2,(H,19,20). The van der Waals surface area contributed by atoms with Gasteiger partial charge in [-0.3, -0.25) is 4.79 Å². The van der Waals surface area contributed by atoms with Crippen LogP contribution in [0.5, 0.6) is 0 Å². The van der Waals surface area contributed by atoms with Crippen molar-refractivity contribution in [2.75, 3.05) is 5.32 Å². The van der Waals surface area contributed by atoms with Crippen molar-refractivity contribution in [2.24, 2.45) is 5.73 Å². The van der Waals surface area contributed by atoms with Crippen molar-refractivity contribution in [2.45, 2.75) is 12.5 Å². The van der Waals surface area contributed by atoms with E-state index in [1.165, 1.54) is 0 Å². The second-order valence-electron chi connectivity index (χ2n) is 4.79. The lowest BCUT2D eigenvalue weighted by Gasteiger charge is -2.16. The van der Waals surface area contributed by atoms with Crippen LogP contribution >= 0.6 is 27.5 Å². The summed E-state index contributed by atoms with van der Waals surface area (Å²) in [5.41, 5.74) is 9.84. The summed E-state index contributed by atoms with van der Waals surface area (Å²) in [4.78, 5) is 11.4. The smallest absolute Gasteiger partial charge is 0.228 e. The van der Waals surface area contributed by atoms with Crippen LogP contribution in [0.1, 0.15) is 22.7 Å². The van der Waals surface area contributed by atoms with Gasteiger partial charge in [0.15, 0.2) is 0 Å². The average Bonchev–Trinajstić information content (AvgIpc) is 2.77.